The topological polar surface area (TPSA) is 46.2 Å². The molecule has 0 spiro atoms. The summed E-state index contributed by atoms with van der Waals surface area (Å²) in [4.78, 5) is 0. The summed E-state index contributed by atoms with van der Waals surface area (Å²) in [5.74, 6) is 0.236. The SMILES string of the molecule is CCCC(CC)(c1ccc(Cl)cc1)C(N)CC(C)CO. The number of aliphatic hydroxyl groups excluding tert-OH is 1. The van der Waals surface area contributed by atoms with Crippen LogP contribution in [0, 0.1) is 5.92 Å². The zero-order chi connectivity index (χ0) is 15.2. The molecule has 0 amide bonds. The Balaban J connectivity index is 3.10. The molecule has 114 valence electrons. The number of benzene rings is 1. The Bertz CT molecular complexity index is 392. The minimum atomic E-state index is -0.0250. The summed E-state index contributed by atoms with van der Waals surface area (Å²) in [6.45, 7) is 6.64. The molecule has 0 bridgehead atoms. The van der Waals surface area contributed by atoms with Crippen molar-refractivity contribution in [2.75, 3.05) is 6.61 Å². The van der Waals surface area contributed by atoms with E-state index in [0.29, 0.717) is 0 Å². The summed E-state index contributed by atoms with van der Waals surface area (Å²) in [6.07, 6.45) is 4.00. The van der Waals surface area contributed by atoms with E-state index in [1.165, 1.54) is 5.56 Å². The second kappa shape index (κ2) is 8.02. The van der Waals surface area contributed by atoms with Gasteiger partial charge in [-0.2, -0.15) is 0 Å². The summed E-state index contributed by atoms with van der Waals surface area (Å²) in [7, 11) is 0. The predicted molar refractivity (Wildman–Crippen MR) is 87.2 cm³/mol. The van der Waals surface area contributed by atoms with E-state index in [9.17, 15) is 5.11 Å². The highest BCUT2D eigenvalue weighted by Crippen LogP contribution is 2.38. The zero-order valence-electron chi connectivity index (χ0n) is 12.9. The lowest BCUT2D eigenvalue weighted by Gasteiger charge is -2.40. The van der Waals surface area contributed by atoms with Crippen molar-refractivity contribution in [3.8, 4) is 0 Å². The van der Waals surface area contributed by atoms with Gasteiger partial charge in [0.25, 0.3) is 0 Å². The average molecular weight is 298 g/mol. The average Bonchev–Trinajstić information content (AvgIpc) is 2.45. The van der Waals surface area contributed by atoms with Crippen LogP contribution in [0.15, 0.2) is 24.3 Å². The molecule has 0 saturated carbocycles. The van der Waals surface area contributed by atoms with E-state index >= 15 is 0 Å². The van der Waals surface area contributed by atoms with Gasteiger partial charge < -0.3 is 10.8 Å². The van der Waals surface area contributed by atoms with E-state index in [2.05, 4.69) is 26.0 Å². The number of hydrogen-bond acceptors (Lipinski definition) is 2. The predicted octanol–water partition coefficient (Wildman–Crippen LogP) is 4.13. The largest absolute Gasteiger partial charge is 0.396 e. The first-order valence-electron chi connectivity index (χ1n) is 7.62. The molecular formula is C17H28ClNO. The molecule has 3 heteroatoms. The maximum Gasteiger partial charge on any atom is 0.0457 e. The van der Waals surface area contributed by atoms with E-state index in [0.717, 1.165) is 30.7 Å². The summed E-state index contributed by atoms with van der Waals surface area (Å²) in [5.41, 5.74) is 7.79. The molecule has 0 aliphatic heterocycles. The molecule has 0 heterocycles. The molecule has 3 N–H and O–H groups in total. The number of halogens is 1. The smallest absolute Gasteiger partial charge is 0.0457 e. The molecule has 0 aromatic heterocycles. The molecular weight excluding hydrogens is 270 g/mol. The molecule has 2 nitrogen and oxygen atoms in total. The third kappa shape index (κ3) is 3.97. The van der Waals surface area contributed by atoms with Crippen LogP contribution >= 0.6 is 11.6 Å². The molecule has 3 atom stereocenters. The summed E-state index contributed by atoms with van der Waals surface area (Å²) < 4.78 is 0. The second-order valence-corrected chi connectivity index (χ2v) is 6.33. The Morgan fingerprint density at radius 2 is 1.85 bits per heavy atom. The highest BCUT2D eigenvalue weighted by Gasteiger charge is 2.36. The van der Waals surface area contributed by atoms with Gasteiger partial charge in [-0.15, -0.1) is 0 Å². The van der Waals surface area contributed by atoms with Crippen molar-refractivity contribution in [1.82, 2.24) is 0 Å². The van der Waals surface area contributed by atoms with Crippen LogP contribution in [0.5, 0.6) is 0 Å². The van der Waals surface area contributed by atoms with Gasteiger partial charge >= 0.3 is 0 Å². The highest BCUT2D eigenvalue weighted by atomic mass is 35.5. The fourth-order valence-corrected chi connectivity index (χ4v) is 3.27. The van der Waals surface area contributed by atoms with Crippen LogP contribution in [0.4, 0.5) is 0 Å². The molecule has 0 aliphatic carbocycles. The lowest BCUT2D eigenvalue weighted by atomic mass is 9.67. The van der Waals surface area contributed by atoms with Crippen LogP contribution < -0.4 is 5.73 Å². The monoisotopic (exact) mass is 297 g/mol. The number of aliphatic hydroxyl groups is 1. The molecule has 0 radical (unpaired) electrons. The van der Waals surface area contributed by atoms with E-state index in [1.54, 1.807) is 0 Å². The minimum absolute atomic E-state index is 0.0250. The van der Waals surface area contributed by atoms with Crippen LogP contribution in [-0.2, 0) is 5.41 Å². The maximum atomic E-state index is 9.29. The Hall–Kier alpha value is -0.570. The number of hydrogen-bond donors (Lipinski definition) is 2. The van der Waals surface area contributed by atoms with Gasteiger partial charge in [0, 0.05) is 23.1 Å². The van der Waals surface area contributed by atoms with Gasteiger partial charge in [-0.1, -0.05) is 50.9 Å². The van der Waals surface area contributed by atoms with Crippen molar-refractivity contribution in [2.45, 2.75) is 57.9 Å². The lowest BCUT2D eigenvalue weighted by molar-refractivity contribution is 0.195. The van der Waals surface area contributed by atoms with E-state index < -0.39 is 0 Å². The Labute approximate surface area is 128 Å². The third-order valence-electron chi connectivity index (χ3n) is 4.42. The first-order valence-corrected chi connectivity index (χ1v) is 8.00. The van der Waals surface area contributed by atoms with E-state index in [4.69, 9.17) is 17.3 Å². The Kier molecular flexibility index (Phi) is 7.01. The Morgan fingerprint density at radius 3 is 2.30 bits per heavy atom. The molecule has 1 aromatic carbocycles. The summed E-state index contributed by atoms with van der Waals surface area (Å²) in [6, 6.07) is 8.14. The van der Waals surface area contributed by atoms with Gasteiger partial charge in [0.1, 0.15) is 0 Å². The van der Waals surface area contributed by atoms with Crippen LogP contribution in [0.2, 0.25) is 5.02 Å². The second-order valence-electron chi connectivity index (χ2n) is 5.90. The normalized spacial score (nSPS) is 17.5. The van der Waals surface area contributed by atoms with Crippen molar-refractivity contribution >= 4 is 11.6 Å². The summed E-state index contributed by atoms with van der Waals surface area (Å²) in [5, 5.41) is 10.0. The molecule has 1 aromatic rings. The van der Waals surface area contributed by atoms with Gasteiger partial charge in [-0.25, -0.2) is 0 Å². The molecule has 0 aliphatic rings. The fraction of sp³-hybridized carbons (Fsp3) is 0.647. The molecule has 0 saturated heterocycles. The minimum Gasteiger partial charge on any atom is -0.396 e. The molecule has 20 heavy (non-hydrogen) atoms. The quantitative estimate of drug-likeness (QED) is 0.758. The van der Waals surface area contributed by atoms with E-state index in [1.807, 2.05) is 19.1 Å². The summed E-state index contributed by atoms with van der Waals surface area (Å²) >= 11 is 6.00. The first-order chi connectivity index (χ1) is 9.50. The lowest BCUT2D eigenvalue weighted by Crippen LogP contribution is -2.46. The van der Waals surface area contributed by atoms with Crippen molar-refractivity contribution in [1.29, 1.82) is 0 Å². The van der Waals surface area contributed by atoms with Gasteiger partial charge in [0.15, 0.2) is 0 Å². The zero-order valence-corrected chi connectivity index (χ0v) is 13.7. The van der Waals surface area contributed by atoms with Crippen molar-refractivity contribution in [2.24, 2.45) is 11.7 Å². The molecule has 3 unspecified atom stereocenters. The Morgan fingerprint density at radius 1 is 1.25 bits per heavy atom. The van der Waals surface area contributed by atoms with Crippen LogP contribution in [0.3, 0.4) is 0 Å². The van der Waals surface area contributed by atoms with Crippen molar-refractivity contribution < 1.29 is 5.11 Å². The van der Waals surface area contributed by atoms with Crippen molar-refractivity contribution in [3.05, 3.63) is 34.9 Å². The van der Waals surface area contributed by atoms with Gasteiger partial charge in [0.05, 0.1) is 0 Å². The standard InChI is InChI=1S/C17H28ClNO/c1-4-10-17(5-2,16(19)11-13(3)12-20)14-6-8-15(18)9-7-14/h6-9,13,16,20H,4-5,10-12,19H2,1-3H3. The van der Waals surface area contributed by atoms with Gasteiger partial charge in [-0.3, -0.25) is 0 Å². The molecule has 1 rings (SSSR count). The van der Waals surface area contributed by atoms with Gasteiger partial charge in [-0.05, 0) is 42.9 Å². The fourth-order valence-electron chi connectivity index (χ4n) is 3.15. The van der Waals surface area contributed by atoms with Crippen LogP contribution in [0.1, 0.15) is 52.0 Å². The maximum absolute atomic E-state index is 9.29. The number of rotatable bonds is 8. The van der Waals surface area contributed by atoms with Crippen LogP contribution in [0.25, 0.3) is 0 Å². The van der Waals surface area contributed by atoms with Crippen molar-refractivity contribution in [3.63, 3.8) is 0 Å². The third-order valence-corrected chi connectivity index (χ3v) is 4.68. The van der Waals surface area contributed by atoms with Crippen LogP contribution in [-0.4, -0.2) is 17.8 Å². The van der Waals surface area contributed by atoms with E-state index in [-0.39, 0.29) is 24.0 Å². The number of nitrogens with two attached hydrogens (primary N) is 1. The molecule has 0 fully saturated rings. The highest BCUT2D eigenvalue weighted by molar-refractivity contribution is 6.30. The van der Waals surface area contributed by atoms with Gasteiger partial charge in [0.2, 0.25) is 0 Å². The first kappa shape index (κ1) is 17.5.